The molecule has 0 saturated carbocycles. The maximum Gasteiger partial charge on any atom is 0.319 e. The van der Waals surface area contributed by atoms with Gasteiger partial charge in [0.1, 0.15) is 0 Å². The molecule has 0 heterocycles. The second kappa shape index (κ2) is 6.13. The van der Waals surface area contributed by atoms with Crippen molar-refractivity contribution in [2.45, 2.75) is 18.7 Å². The summed E-state index contributed by atoms with van der Waals surface area (Å²) in [7, 11) is -0.697. The monoisotopic (exact) mass is 265 g/mol. The van der Waals surface area contributed by atoms with Gasteiger partial charge in [-0.25, -0.2) is 0 Å². The van der Waals surface area contributed by atoms with Crippen LogP contribution in [0.25, 0.3) is 0 Å². The summed E-state index contributed by atoms with van der Waals surface area (Å²) in [5.41, 5.74) is 0. The number of hydrogen-bond acceptors (Lipinski definition) is 3. The Kier molecular flexibility index (Phi) is 5.80. The Hall–Kier alpha value is -0.920. The lowest BCUT2D eigenvalue weighted by atomic mass is 10.3. The third-order valence-corrected chi connectivity index (χ3v) is 4.24. The van der Waals surface area contributed by atoms with E-state index in [4.69, 9.17) is 4.55 Å². The molecule has 0 aliphatic heterocycles. The molecule has 6 nitrogen and oxygen atoms in total. The van der Waals surface area contributed by atoms with Gasteiger partial charge in [0.15, 0.2) is 0 Å². The average Bonchev–Trinajstić information content (AvgIpc) is 2.15. The quantitative estimate of drug-likeness (QED) is 0.385. The lowest BCUT2D eigenvalue weighted by Crippen LogP contribution is -2.55. The second-order valence-electron chi connectivity index (χ2n) is 4.38. The molecular formula is C10H21N2O4S+. The minimum atomic E-state index is -4.09. The van der Waals surface area contributed by atoms with Crippen LogP contribution in [-0.4, -0.2) is 55.9 Å². The second-order valence-corrected chi connectivity index (χ2v) is 5.95. The molecule has 0 saturated heterocycles. The Bertz CT molecular complexity index is 376. The Morgan fingerprint density at radius 1 is 1.53 bits per heavy atom. The Morgan fingerprint density at radius 3 is 2.41 bits per heavy atom. The third-order valence-electron chi connectivity index (χ3n) is 2.65. The molecular weight excluding hydrogens is 244 g/mol. The number of hydrogen-bond donors (Lipinski definition) is 2. The van der Waals surface area contributed by atoms with Gasteiger partial charge in [0, 0.05) is 6.42 Å². The SMILES string of the molecule is C=CC(=O)NCC[N+](C)(C)C(CC)S(=O)(=O)O. The molecule has 0 radical (unpaired) electrons. The van der Waals surface area contributed by atoms with Gasteiger partial charge in [-0.2, -0.15) is 8.42 Å². The number of carbonyl (C=O) groups is 1. The lowest BCUT2D eigenvalue weighted by Gasteiger charge is -2.35. The maximum absolute atomic E-state index is 11.2. The number of likely N-dealkylation sites (N-methyl/N-ethyl adjacent to an activating group) is 1. The van der Waals surface area contributed by atoms with Crippen LogP contribution in [0.15, 0.2) is 12.7 Å². The average molecular weight is 265 g/mol. The van der Waals surface area contributed by atoms with Crippen LogP contribution in [0.2, 0.25) is 0 Å². The molecule has 0 spiro atoms. The van der Waals surface area contributed by atoms with E-state index >= 15 is 0 Å². The van der Waals surface area contributed by atoms with E-state index in [0.717, 1.165) is 6.08 Å². The zero-order chi connectivity index (χ0) is 13.7. The minimum Gasteiger partial charge on any atom is -0.347 e. The predicted molar refractivity (Wildman–Crippen MR) is 65.8 cm³/mol. The molecule has 100 valence electrons. The molecule has 0 aromatic rings. The fraction of sp³-hybridized carbons (Fsp3) is 0.700. The first-order valence-electron chi connectivity index (χ1n) is 5.34. The first-order valence-corrected chi connectivity index (χ1v) is 6.84. The van der Waals surface area contributed by atoms with Gasteiger partial charge in [0.25, 0.3) is 0 Å². The minimum absolute atomic E-state index is 0.0900. The van der Waals surface area contributed by atoms with Gasteiger partial charge < -0.3 is 9.80 Å². The zero-order valence-electron chi connectivity index (χ0n) is 10.5. The molecule has 0 aromatic heterocycles. The topological polar surface area (TPSA) is 83.5 Å². The van der Waals surface area contributed by atoms with Crippen LogP contribution >= 0.6 is 0 Å². The van der Waals surface area contributed by atoms with Crippen LogP contribution in [0, 0.1) is 0 Å². The van der Waals surface area contributed by atoms with Crippen LogP contribution in [0.4, 0.5) is 0 Å². The number of nitrogens with zero attached hydrogens (tertiary/aromatic N) is 1. The largest absolute Gasteiger partial charge is 0.347 e. The van der Waals surface area contributed by atoms with E-state index in [2.05, 4.69) is 11.9 Å². The fourth-order valence-electron chi connectivity index (χ4n) is 1.75. The van der Waals surface area contributed by atoms with Crippen LogP contribution < -0.4 is 5.32 Å². The smallest absolute Gasteiger partial charge is 0.319 e. The van der Waals surface area contributed by atoms with E-state index in [1.807, 2.05) is 0 Å². The van der Waals surface area contributed by atoms with Crippen molar-refractivity contribution >= 4 is 16.0 Å². The van der Waals surface area contributed by atoms with Gasteiger partial charge in [-0.1, -0.05) is 13.5 Å². The number of rotatable bonds is 7. The van der Waals surface area contributed by atoms with Crippen LogP contribution in [0.1, 0.15) is 13.3 Å². The highest BCUT2D eigenvalue weighted by atomic mass is 32.2. The summed E-state index contributed by atoms with van der Waals surface area (Å²) in [5.74, 6) is -0.301. The Balaban J connectivity index is 4.55. The first kappa shape index (κ1) is 16.1. The summed E-state index contributed by atoms with van der Waals surface area (Å²) < 4.78 is 31.6. The number of amides is 1. The lowest BCUT2D eigenvalue weighted by molar-refractivity contribution is -0.900. The van der Waals surface area contributed by atoms with Gasteiger partial charge in [-0.3, -0.25) is 9.35 Å². The van der Waals surface area contributed by atoms with Crippen molar-refractivity contribution in [1.82, 2.24) is 5.32 Å². The van der Waals surface area contributed by atoms with Gasteiger partial charge in [0.2, 0.25) is 11.3 Å². The molecule has 1 atom stereocenters. The van der Waals surface area contributed by atoms with Crippen molar-refractivity contribution in [3.8, 4) is 0 Å². The van der Waals surface area contributed by atoms with Crippen molar-refractivity contribution < 1.29 is 22.2 Å². The molecule has 0 fully saturated rings. The highest BCUT2D eigenvalue weighted by Gasteiger charge is 2.36. The van der Waals surface area contributed by atoms with Crippen molar-refractivity contribution in [2.75, 3.05) is 27.2 Å². The number of nitrogens with one attached hydrogen (secondary N) is 1. The van der Waals surface area contributed by atoms with Crippen LogP contribution in [-0.2, 0) is 14.9 Å². The fourth-order valence-corrected chi connectivity index (χ4v) is 3.00. The van der Waals surface area contributed by atoms with E-state index in [-0.39, 0.29) is 10.4 Å². The number of carbonyl (C=O) groups excluding carboxylic acids is 1. The summed E-state index contributed by atoms with van der Waals surface area (Å²) >= 11 is 0. The van der Waals surface area contributed by atoms with Crippen molar-refractivity contribution in [2.24, 2.45) is 0 Å². The Labute approximate surface area is 103 Å². The van der Waals surface area contributed by atoms with Gasteiger partial charge in [-0.05, 0) is 6.08 Å². The van der Waals surface area contributed by atoms with E-state index < -0.39 is 15.5 Å². The molecule has 2 N–H and O–H groups in total. The van der Waals surface area contributed by atoms with Crippen molar-refractivity contribution in [3.63, 3.8) is 0 Å². The third kappa shape index (κ3) is 5.29. The molecule has 7 heteroatoms. The summed E-state index contributed by atoms with van der Waals surface area (Å²) in [5, 5.41) is 1.68. The van der Waals surface area contributed by atoms with Gasteiger partial charge in [-0.15, -0.1) is 0 Å². The molecule has 1 amide bonds. The molecule has 1 unspecified atom stereocenters. The molecule has 0 aromatic carbocycles. The van der Waals surface area contributed by atoms with Crippen molar-refractivity contribution in [1.29, 1.82) is 0 Å². The first-order chi connectivity index (χ1) is 7.65. The molecule has 0 aliphatic carbocycles. The van der Waals surface area contributed by atoms with E-state index in [9.17, 15) is 13.2 Å². The molecule has 17 heavy (non-hydrogen) atoms. The standard InChI is InChI=1S/C10H20N2O4S/c1-5-9(13)11-7-8-12(3,4)10(6-2)17(14,15)16/h5,10H,1,6-8H2,2-4H3,(H-,11,13,14,15,16)/p+1. The summed E-state index contributed by atoms with van der Waals surface area (Å²) in [6.07, 6.45) is 1.46. The molecule has 0 bridgehead atoms. The van der Waals surface area contributed by atoms with Crippen molar-refractivity contribution in [3.05, 3.63) is 12.7 Å². The van der Waals surface area contributed by atoms with Gasteiger partial charge in [0.05, 0.1) is 27.2 Å². The summed E-state index contributed by atoms with van der Waals surface area (Å²) in [4.78, 5) is 10.9. The highest BCUT2D eigenvalue weighted by molar-refractivity contribution is 7.86. The summed E-state index contributed by atoms with van der Waals surface area (Å²) in [6, 6.07) is 0. The maximum atomic E-state index is 11.2. The van der Waals surface area contributed by atoms with Crippen LogP contribution in [0.3, 0.4) is 0 Å². The van der Waals surface area contributed by atoms with E-state index in [1.165, 1.54) is 0 Å². The zero-order valence-corrected chi connectivity index (χ0v) is 11.3. The normalized spacial score (nSPS) is 14.1. The van der Waals surface area contributed by atoms with E-state index in [0.29, 0.717) is 19.5 Å². The van der Waals surface area contributed by atoms with Gasteiger partial charge >= 0.3 is 10.1 Å². The summed E-state index contributed by atoms with van der Waals surface area (Å²) in [6.45, 7) is 5.73. The van der Waals surface area contributed by atoms with Crippen LogP contribution in [0.5, 0.6) is 0 Å². The predicted octanol–water partition coefficient (Wildman–Crippen LogP) is -0.0111. The molecule has 0 rings (SSSR count). The Morgan fingerprint density at radius 2 is 2.06 bits per heavy atom. The highest BCUT2D eigenvalue weighted by Crippen LogP contribution is 2.15. The number of quaternary nitrogens is 1. The van der Waals surface area contributed by atoms with E-state index in [1.54, 1.807) is 21.0 Å². The molecule has 0 aliphatic rings.